The van der Waals surface area contributed by atoms with E-state index in [9.17, 15) is 18.0 Å². The molecular formula is C27H35N3O7S. The summed E-state index contributed by atoms with van der Waals surface area (Å²) in [5.41, 5.74) is 1.22. The maximum atomic E-state index is 13.4. The van der Waals surface area contributed by atoms with Crippen molar-refractivity contribution in [1.29, 1.82) is 0 Å². The highest BCUT2D eigenvalue weighted by molar-refractivity contribution is 7.89. The Morgan fingerprint density at radius 2 is 1.76 bits per heavy atom. The standard InChI is InChI=1S/C27H35N3O7S/c1-18-11-19(2)15-29(14-18)38(33,34)21-6-8-23-22(13-21)30(27(32)17-37-23)16-26(31)28-10-9-20-5-7-24(35-3)25(12-20)36-4/h5-8,12-13,18-19H,9-11,14-17H2,1-4H3,(H,28,31)/t18-,19-/m0/s1. The van der Waals surface area contributed by atoms with Crippen molar-refractivity contribution >= 4 is 27.5 Å². The summed E-state index contributed by atoms with van der Waals surface area (Å²) in [5, 5.41) is 2.83. The summed E-state index contributed by atoms with van der Waals surface area (Å²) < 4.78 is 44.4. The van der Waals surface area contributed by atoms with Crippen LogP contribution in [0, 0.1) is 11.8 Å². The highest BCUT2D eigenvalue weighted by Crippen LogP contribution is 2.36. The molecule has 0 radical (unpaired) electrons. The maximum absolute atomic E-state index is 13.4. The molecule has 4 rings (SSSR count). The lowest BCUT2D eigenvalue weighted by Crippen LogP contribution is -2.45. The van der Waals surface area contributed by atoms with Gasteiger partial charge in [-0.1, -0.05) is 19.9 Å². The lowest BCUT2D eigenvalue weighted by Gasteiger charge is -2.34. The first-order chi connectivity index (χ1) is 18.1. The van der Waals surface area contributed by atoms with Crippen molar-refractivity contribution in [2.24, 2.45) is 11.8 Å². The Kier molecular flexibility index (Phi) is 8.47. The summed E-state index contributed by atoms with van der Waals surface area (Å²) in [4.78, 5) is 26.8. The smallest absolute Gasteiger partial charge is 0.265 e. The molecule has 206 valence electrons. The highest BCUT2D eigenvalue weighted by atomic mass is 32.2. The third-order valence-corrected chi connectivity index (χ3v) is 8.66. The van der Waals surface area contributed by atoms with Crippen molar-refractivity contribution in [3.8, 4) is 17.2 Å². The maximum Gasteiger partial charge on any atom is 0.265 e. The summed E-state index contributed by atoms with van der Waals surface area (Å²) in [7, 11) is -0.641. The van der Waals surface area contributed by atoms with Crippen molar-refractivity contribution in [2.75, 3.05) is 51.9 Å². The van der Waals surface area contributed by atoms with Gasteiger partial charge in [0.05, 0.1) is 24.8 Å². The molecule has 38 heavy (non-hydrogen) atoms. The van der Waals surface area contributed by atoms with Gasteiger partial charge in [-0.2, -0.15) is 4.31 Å². The van der Waals surface area contributed by atoms with Crippen LogP contribution in [0.3, 0.4) is 0 Å². The molecule has 0 spiro atoms. The quantitative estimate of drug-likeness (QED) is 0.515. The number of ether oxygens (including phenoxy) is 3. The number of sulfonamides is 1. The van der Waals surface area contributed by atoms with E-state index in [1.807, 2.05) is 26.0 Å². The molecule has 0 aromatic heterocycles. The second kappa shape index (κ2) is 11.6. The Balaban J connectivity index is 1.45. The zero-order valence-corrected chi connectivity index (χ0v) is 23.0. The Bertz CT molecular complexity index is 1290. The number of rotatable bonds is 9. The minimum Gasteiger partial charge on any atom is -0.493 e. The molecule has 2 aromatic carbocycles. The summed E-state index contributed by atoms with van der Waals surface area (Å²) in [5.74, 6) is 1.33. The zero-order valence-electron chi connectivity index (χ0n) is 22.2. The van der Waals surface area contributed by atoms with E-state index in [0.29, 0.717) is 43.3 Å². The third-order valence-electron chi connectivity index (χ3n) is 6.83. The van der Waals surface area contributed by atoms with Gasteiger partial charge in [-0.3, -0.25) is 14.5 Å². The van der Waals surface area contributed by atoms with Crippen LogP contribution in [0.5, 0.6) is 17.2 Å². The van der Waals surface area contributed by atoms with Crippen LogP contribution < -0.4 is 24.4 Å². The molecule has 10 nitrogen and oxygen atoms in total. The van der Waals surface area contributed by atoms with E-state index in [1.54, 1.807) is 26.4 Å². The molecule has 11 heteroatoms. The molecule has 0 unspecified atom stereocenters. The summed E-state index contributed by atoms with van der Waals surface area (Å²) in [6.07, 6.45) is 1.53. The van der Waals surface area contributed by atoms with Gasteiger partial charge in [-0.15, -0.1) is 0 Å². The highest BCUT2D eigenvalue weighted by Gasteiger charge is 2.34. The monoisotopic (exact) mass is 545 g/mol. The molecule has 2 aliphatic rings. The average Bonchev–Trinajstić information content (AvgIpc) is 2.89. The second-order valence-corrected chi connectivity index (χ2v) is 11.9. The molecule has 2 aliphatic heterocycles. The van der Waals surface area contributed by atoms with Crippen LogP contribution in [-0.2, 0) is 26.0 Å². The number of benzene rings is 2. The molecule has 2 aromatic rings. The largest absolute Gasteiger partial charge is 0.493 e. The Labute approximate surface area is 223 Å². The van der Waals surface area contributed by atoms with Crippen LogP contribution >= 0.6 is 0 Å². The molecule has 2 atom stereocenters. The van der Waals surface area contributed by atoms with Crippen molar-refractivity contribution in [2.45, 2.75) is 31.6 Å². The number of carbonyl (C=O) groups excluding carboxylic acids is 2. The van der Waals surface area contributed by atoms with Gasteiger partial charge in [0, 0.05) is 19.6 Å². The number of anilines is 1. The van der Waals surface area contributed by atoms with E-state index in [4.69, 9.17) is 14.2 Å². The number of fused-ring (bicyclic) bond motifs is 1. The fraction of sp³-hybridized carbons (Fsp3) is 0.481. The number of nitrogens with one attached hydrogen (secondary N) is 1. The van der Waals surface area contributed by atoms with E-state index in [0.717, 1.165) is 12.0 Å². The molecule has 1 N–H and O–H groups in total. The molecule has 2 heterocycles. The van der Waals surface area contributed by atoms with E-state index in [1.165, 1.54) is 21.3 Å². The van der Waals surface area contributed by atoms with Gasteiger partial charge in [0.15, 0.2) is 18.1 Å². The normalized spacial score (nSPS) is 19.9. The van der Waals surface area contributed by atoms with Gasteiger partial charge < -0.3 is 19.5 Å². The fourth-order valence-corrected chi connectivity index (χ4v) is 6.75. The predicted molar refractivity (Wildman–Crippen MR) is 142 cm³/mol. The number of amides is 2. The zero-order chi connectivity index (χ0) is 27.4. The van der Waals surface area contributed by atoms with Crippen molar-refractivity contribution < 1.29 is 32.2 Å². The SMILES string of the molecule is COc1ccc(CCNC(=O)CN2C(=O)COc3ccc(S(=O)(=O)N4C[C@@H](C)C[C@H](C)C4)cc32)cc1OC. The van der Waals surface area contributed by atoms with Crippen LogP contribution in [0.25, 0.3) is 0 Å². The van der Waals surface area contributed by atoms with Gasteiger partial charge >= 0.3 is 0 Å². The summed E-state index contributed by atoms with van der Waals surface area (Å²) in [6.45, 7) is 4.86. The third kappa shape index (κ3) is 6.05. The number of methoxy groups -OCH3 is 2. The predicted octanol–water partition coefficient (Wildman–Crippen LogP) is 2.45. The Morgan fingerprint density at radius 3 is 2.45 bits per heavy atom. The van der Waals surface area contributed by atoms with Crippen molar-refractivity contribution in [3.63, 3.8) is 0 Å². The average molecular weight is 546 g/mol. The van der Waals surface area contributed by atoms with Gasteiger partial charge in [0.2, 0.25) is 15.9 Å². The summed E-state index contributed by atoms with van der Waals surface area (Å²) in [6, 6.07) is 10.0. The first kappa shape index (κ1) is 27.7. The van der Waals surface area contributed by atoms with E-state index < -0.39 is 15.9 Å². The van der Waals surface area contributed by atoms with Crippen LogP contribution in [0.4, 0.5) is 5.69 Å². The summed E-state index contributed by atoms with van der Waals surface area (Å²) >= 11 is 0. The number of nitrogens with zero attached hydrogens (tertiary/aromatic N) is 2. The van der Waals surface area contributed by atoms with Crippen LogP contribution in [0.15, 0.2) is 41.3 Å². The van der Waals surface area contributed by atoms with Gasteiger partial charge in [-0.25, -0.2) is 8.42 Å². The second-order valence-electron chi connectivity index (χ2n) is 9.96. The number of carbonyl (C=O) groups is 2. The van der Waals surface area contributed by atoms with Crippen LogP contribution in [0.1, 0.15) is 25.8 Å². The topological polar surface area (TPSA) is 114 Å². The van der Waals surface area contributed by atoms with E-state index in [-0.39, 0.29) is 41.5 Å². The Hall–Kier alpha value is -3.31. The molecule has 0 aliphatic carbocycles. The Morgan fingerprint density at radius 1 is 1.05 bits per heavy atom. The number of hydrogen-bond donors (Lipinski definition) is 1. The minimum absolute atomic E-state index is 0.0784. The van der Waals surface area contributed by atoms with Crippen LogP contribution in [-0.4, -0.2) is 71.5 Å². The fourth-order valence-electron chi connectivity index (χ4n) is 5.05. The molecule has 1 saturated heterocycles. The number of piperidine rings is 1. The minimum atomic E-state index is -3.77. The molecule has 0 saturated carbocycles. The van der Waals surface area contributed by atoms with E-state index in [2.05, 4.69) is 5.32 Å². The first-order valence-corrected chi connectivity index (χ1v) is 14.1. The van der Waals surface area contributed by atoms with Crippen molar-refractivity contribution in [3.05, 3.63) is 42.0 Å². The molecular weight excluding hydrogens is 510 g/mol. The van der Waals surface area contributed by atoms with Crippen molar-refractivity contribution in [1.82, 2.24) is 9.62 Å². The lowest BCUT2D eigenvalue weighted by molar-refractivity contribution is -0.125. The van der Waals surface area contributed by atoms with Gasteiger partial charge in [-0.05, 0) is 60.6 Å². The number of hydrogen-bond acceptors (Lipinski definition) is 7. The van der Waals surface area contributed by atoms with Gasteiger partial charge in [0.25, 0.3) is 5.91 Å². The molecule has 0 bridgehead atoms. The van der Waals surface area contributed by atoms with E-state index >= 15 is 0 Å². The van der Waals surface area contributed by atoms with Gasteiger partial charge in [0.1, 0.15) is 12.3 Å². The lowest BCUT2D eigenvalue weighted by atomic mass is 9.94. The van der Waals surface area contributed by atoms with Crippen LogP contribution in [0.2, 0.25) is 0 Å². The molecule has 2 amide bonds. The first-order valence-electron chi connectivity index (χ1n) is 12.7. The molecule has 1 fully saturated rings.